The summed E-state index contributed by atoms with van der Waals surface area (Å²) < 4.78 is 27.4. The first-order chi connectivity index (χ1) is 9.38. The van der Waals surface area contributed by atoms with Crippen LogP contribution in [0.1, 0.15) is 28.2 Å². The molecule has 0 aromatic carbocycles. The third-order valence-corrected chi connectivity index (χ3v) is 6.03. The van der Waals surface area contributed by atoms with Gasteiger partial charge in [-0.3, -0.25) is 4.79 Å². The second kappa shape index (κ2) is 6.21. The van der Waals surface area contributed by atoms with Crippen molar-refractivity contribution in [3.05, 3.63) is 21.4 Å². The largest absolute Gasteiger partial charge is 0.481 e. The fourth-order valence-electron chi connectivity index (χ4n) is 2.12. The highest BCUT2D eigenvalue weighted by Gasteiger charge is 2.20. The molecule has 1 aromatic rings. The molecule has 6 nitrogen and oxygen atoms in total. The van der Waals surface area contributed by atoms with E-state index in [4.69, 9.17) is 5.11 Å². The van der Waals surface area contributed by atoms with Gasteiger partial charge in [-0.15, -0.1) is 11.3 Å². The zero-order chi connectivity index (χ0) is 14.8. The number of aryl methyl sites for hydroxylation is 2. The molecule has 112 valence electrons. The number of carboxylic acid groups (broad SMARTS) is 1. The van der Waals surface area contributed by atoms with Crippen LogP contribution in [0.15, 0.2) is 6.07 Å². The average Bonchev–Trinajstić information content (AvgIpc) is 2.93. The summed E-state index contributed by atoms with van der Waals surface area (Å²) in [6, 6.07) is 2.06. The van der Waals surface area contributed by atoms with E-state index in [2.05, 4.69) is 10.8 Å². The molecule has 2 rings (SSSR count). The number of carbonyl (C=O) groups is 1. The normalized spacial score (nSPS) is 14.7. The monoisotopic (exact) mass is 318 g/mol. The zero-order valence-corrected chi connectivity index (χ0v) is 12.9. The van der Waals surface area contributed by atoms with Gasteiger partial charge in [0, 0.05) is 29.9 Å². The van der Waals surface area contributed by atoms with Gasteiger partial charge in [-0.1, -0.05) is 0 Å². The third kappa shape index (κ3) is 3.78. The van der Waals surface area contributed by atoms with Crippen molar-refractivity contribution in [3.63, 3.8) is 0 Å². The van der Waals surface area contributed by atoms with Gasteiger partial charge in [0.25, 0.3) is 10.2 Å². The Bertz CT molecular complexity index is 573. The number of fused-ring (bicyclic) bond motifs is 1. The Morgan fingerprint density at radius 2 is 2.25 bits per heavy atom. The van der Waals surface area contributed by atoms with E-state index in [9.17, 15) is 13.2 Å². The molecule has 0 saturated heterocycles. The molecule has 1 aromatic heterocycles. The quantitative estimate of drug-likeness (QED) is 0.784. The second-order valence-electron chi connectivity index (χ2n) is 4.81. The van der Waals surface area contributed by atoms with E-state index in [0.717, 1.165) is 22.0 Å². The van der Waals surface area contributed by atoms with Crippen LogP contribution in [0.4, 0.5) is 0 Å². The highest BCUT2D eigenvalue weighted by atomic mass is 32.2. The minimum absolute atomic E-state index is 0.0361. The van der Waals surface area contributed by atoms with Gasteiger partial charge in [-0.2, -0.15) is 17.4 Å². The van der Waals surface area contributed by atoms with Crippen LogP contribution in [-0.4, -0.2) is 37.4 Å². The molecule has 2 N–H and O–H groups in total. The molecule has 0 bridgehead atoms. The van der Waals surface area contributed by atoms with Gasteiger partial charge < -0.3 is 5.11 Å². The van der Waals surface area contributed by atoms with Crippen LogP contribution in [0.5, 0.6) is 0 Å². The molecule has 0 fully saturated rings. The summed E-state index contributed by atoms with van der Waals surface area (Å²) in [4.78, 5) is 12.8. The number of aliphatic carboxylic acids is 1. The predicted molar refractivity (Wildman–Crippen MR) is 77.0 cm³/mol. The fraction of sp³-hybridized carbons (Fsp3) is 0.583. The molecule has 0 radical (unpaired) electrons. The van der Waals surface area contributed by atoms with Crippen LogP contribution in [-0.2, 0) is 34.4 Å². The fourth-order valence-corrected chi connectivity index (χ4v) is 4.31. The van der Waals surface area contributed by atoms with Crippen LogP contribution in [0, 0.1) is 0 Å². The zero-order valence-electron chi connectivity index (χ0n) is 11.3. The van der Waals surface area contributed by atoms with Gasteiger partial charge in [-0.05, 0) is 30.9 Å². The average molecular weight is 318 g/mol. The van der Waals surface area contributed by atoms with Crippen molar-refractivity contribution >= 4 is 27.5 Å². The Morgan fingerprint density at radius 1 is 1.50 bits per heavy atom. The second-order valence-corrected chi connectivity index (χ2v) is 7.89. The summed E-state index contributed by atoms with van der Waals surface area (Å²) in [6.45, 7) is 0.225. The highest BCUT2D eigenvalue weighted by molar-refractivity contribution is 7.87. The molecule has 0 saturated carbocycles. The minimum Gasteiger partial charge on any atom is -0.481 e. The Kier molecular flexibility index (Phi) is 4.79. The summed E-state index contributed by atoms with van der Waals surface area (Å²) in [5.74, 6) is -1.01. The van der Waals surface area contributed by atoms with Gasteiger partial charge in [0.05, 0.1) is 6.42 Å². The van der Waals surface area contributed by atoms with Crippen molar-refractivity contribution in [2.24, 2.45) is 0 Å². The van der Waals surface area contributed by atoms with E-state index < -0.39 is 16.2 Å². The molecule has 1 aliphatic carbocycles. The lowest BCUT2D eigenvalue weighted by Crippen LogP contribution is -2.38. The molecule has 0 aliphatic heterocycles. The maximum Gasteiger partial charge on any atom is 0.304 e. The maximum absolute atomic E-state index is 11.9. The first-order valence-corrected chi connectivity index (χ1v) is 8.67. The predicted octanol–water partition coefficient (Wildman–Crippen LogP) is 0.978. The Hall–Kier alpha value is -0.960. The van der Waals surface area contributed by atoms with E-state index in [1.807, 2.05) is 0 Å². The summed E-state index contributed by atoms with van der Waals surface area (Å²) in [7, 11) is -2.25. The summed E-state index contributed by atoms with van der Waals surface area (Å²) in [6.07, 6.45) is 3.15. The van der Waals surface area contributed by atoms with Crippen molar-refractivity contribution in [2.75, 3.05) is 13.6 Å². The molecule has 0 atom stereocenters. The van der Waals surface area contributed by atoms with Crippen molar-refractivity contribution < 1.29 is 18.3 Å². The van der Waals surface area contributed by atoms with Crippen molar-refractivity contribution in [1.82, 2.24) is 9.03 Å². The standard InChI is InChI=1S/C12H18N2O4S2/c1-14(6-5-12(15)16)20(17,18)13-8-10-7-9-3-2-4-11(9)19-10/h7,13H,2-6,8H2,1H3,(H,15,16). The third-order valence-electron chi connectivity index (χ3n) is 3.28. The van der Waals surface area contributed by atoms with Crippen LogP contribution in [0.3, 0.4) is 0 Å². The molecular weight excluding hydrogens is 300 g/mol. The highest BCUT2D eigenvalue weighted by Crippen LogP contribution is 2.30. The Morgan fingerprint density at radius 3 is 2.90 bits per heavy atom. The van der Waals surface area contributed by atoms with Crippen molar-refractivity contribution in [1.29, 1.82) is 0 Å². The van der Waals surface area contributed by atoms with Crippen molar-refractivity contribution in [2.45, 2.75) is 32.2 Å². The van der Waals surface area contributed by atoms with Crippen molar-refractivity contribution in [3.8, 4) is 0 Å². The Labute approximate surface area is 122 Å². The number of thiophene rings is 1. The van der Waals surface area contributed by atoms with Crippen LogP contribution in [0.25, 0.3) is 0 Å². The number of nitrogens with zero attached hydrogens (tertiary/aromatic N) is 1. The summed E-state index contributed by atoms with van der Waals surface area (Å²) >= 11 is 1.65. The Balaban J connectivity index is 1.89. The lowest BCUT2D eigenvalue weighted by atomic mass is 10.2. The maximum atomic E-state index is 11.9. The van der Waals surface area contributed by atoms with Gasteiger partial charge in [0.15, 0.2) is 0 Å². The minimum atomic E-state index is -3.62. The molecule has 0 spiro atoms. The smallest absolute Gasteiger partial charge is 0.304 e. The van der Waals surface area contributed by atoms with Gasteiger partial charge in [0.1, 0.15) is 0 Å². The number of hydrogen-bond donors (Lipinski definition) is 2. The summed E-state index contributed by atoms with van der Waals surface area (Å²) in [5, 5.41) is 8.56. The van der Waals surface area contributed by atoms with Gasteiger partial charge in [-0.25, -0.2) is 0 Å². The number of carboxylic acids is 1. The van der Waals surface area contributed by atoms with Gasteiger partial charge >= 0.3 is 5.97 Å². The first-order valence-electron chi connectivity index (χ1n) is 6.41. The number of rotatable bonds is 7. The lowest BCUT2D eigenvalue weighted by molar-refractivity contribution is -0.137. The van der Waals surface area contributed by atoms with Crippen LogP contribution in [0.2, 0.25) is 0 Å². The molecule has 20 heavy (non-hydrogen) atoms. The van der Waals surface area contributed by atoms with Crippen LogP contribution < -0.4 is 4.72 Å². The first kappa shape index (κ1) is 15.4. The molecule has 1 heterocycles. The lowest BCUT2D eigenvalue weighted by Gasteiger charge is -2.16. The van der Waals surface area contributed by atoms with Crippen LogP contribution >= 0.6 is 11.3 Å². The molecule has 1 aliphatic rings. The summed E-state index contributed by atoms with van der Waals surface area (Å²) in [5.41, 5.74) is 1.34. The van der Waals surface area contributed by atoms with E-state index in [1.54, 1.807) is 11.3 Å². The molecular formula is C12H18N2O4S2. The van der Waals surface area contributed by atoms with E-state index in [-0.39, 0.29) is 19.5 Å². The van der Waals surface area contributed by atoms with E-state index in [1.165, 1.54) is 23.9 Å². The topological polar surface area (TPSA) is 86.7 Å². The van der Waals surface area contributed by atoms with Gasteiger partial charge in [0.2, 0.25) is 0 Å². The van der Waals surface area contributed by atoms with E-state index >= 15 is 0 Å². The number of nitrogens with one attached hydrogen (secondary N) is 1. The van der Waals surface area contributed by atoms with E-state index in [0.29, 0.717) is 0 Å². The number of hydrogen-bond acceptors (Lipinski definition) is 4. The molecule has 0 amide bonds. The SMILES string of the molecule is CN(CCC(=O)O)S(=O)(=O)NCc1cc2c(s1)CCC2. The molecule has 8 heteroatoms. The molecule has 0 unspecified atom stereocenters.